The Hall–Kier alpha value is -3.89. The minimum Gasteiger partial charge on any atom is -0.465 e. The number of hydrogen-bond donors (Lipinski definition) is 4. The van der Waals surface area contributed by atoms with Crippen LogP contribution in [-0.2, 0) is 27.3 Å². The quantitative estimate of drug-likeness (QED) is 0.127. The van der Waals surface area contributed by atoms with Crippen LogP contribution in [-0.4, -0.2) is 80.4 Å². The second kappa shape index (κ2) is 21.0. The van der Waals surface area contributed by atoms with Crippen LogP contribution in [0.5, 0.6) is 0 Å². The molecular formula is C35H54N6O5. The van der Waals surface area contributed by atoms with E-state index < -0.39 is 24.1 Å². The molecule has 2 aromatic rings. The molecule has 46 heavy (non-hydrogen) atoms. The number of likely N-dealkylation sites (tertiary alicyclic amines) is 1. The van der Waals surface area contributed by atoms with Gasteiger partial charge in [0, 0.05) is 45.2 Å². The molecule has 1 fully saturated rings. The van der Waals surface area contributed by atoms with Crippen LogP contribution in [0.4, 0.5) is 4.79 Å². The summed E-state index contributed by atoms with van der Waals surface area (Å²) in [6.07, 6.45) is 16.5. The van der Waals surface area contributed by atoms with Crippen LogP contribution < -0.4 is 10.6 Å². The standard InChI is InChI=1S/C35H54N6O5/c1-2-3-4-5-6-7-8-9-10-14-21-37-32(42)20-15-22-38-33(43)30-19-16-23-40(30)34(44)31(24-29-25-36-27-39-29)41(35(45)46)26-28-17-12-11-13-18-28/h11-13,17-18,25,27,30-31H,2-10,14-16,19-24,26H2,1H3,(H,36,39)(H,37,42)(H,38,43)(H,45,46)/t30-,31-/m0/s1. The van der Waals surface area contributed by atoms with Crippen molar-refractivity contribution >= 4 is 23.8 Å². The molecule has 1 aliphatic heterocycles. The fourth-order valence-corrected chi connectivity index (χ4v) is 6.02. The largest absolute Gasteiger partial charge is 0.465 e. The number of hydrogen-bond acceptors (Lipinski definition) is 5. The maximum absolute atomic E-state index is 13.9. The summed E-state index contributed by atoms with van der Waals surface area (Å²) in [4.78, 5) is 61.5. The topological polar surface area (TPSA) is 148 Å². The third kappa shape index (κ3) is 12.8. The second-order valence-electron chi connectivity index (χ2n) is 12.3. The molecule has 2 heterocycles. The zero-order valence-electron chi connectivity index (χ0n) is 27.6. The van der Waals surface area contributed by atoms with Gasteiger partial charge in [0.15, 0.2) is 0 Å². The number of H-pyrrole nitrogens is 1. The van der Waals surface area contributed by atoms with E-state index in [0.717, 1.165) is 23.3 Å². The molecule has 0 unspecified atom stereocenters. The van der Waals surface area contributed by atoms with Crippen molar-refractivity contribution in [1.29, 1.82) is 0 Å². The highest BCUT2D eigenvalue weighted by molar-refractivity contribution is 5.92. The van der Waals surface area contributed by atoms with Crippen molar-refractivity contribution < 1.29 is 24.3 Å². The molecule has 1 saturated heterocycles. The van der Waals surface area contributed by atoms with Gasteiger partial charge in [-0.3, -0.25) is 19.3 Å². The van der Waals surface area contributed by atoms with Gasteiger partial charge in [-0.2, -0.15) is 0 Å². The molecule has 1 aromatic heterocycles. The Kier molecular flexibility index (Phi) is 16.7. The molecule has 11 nitrogen and oxygen atoms in total. The summed E-state index contributed by atoms with van der Waals surface area (Å²) < 4.78 is 0. The smallest absolute Gasteiger partial charge is 0.408 e. The highest BCUT2D eigenvalue weighted by Gasteiger charge is 2.40. The molecule has 4 N–H and O–H groups in total. The van der Waals surface area contributed by atoms with Crippen LogP contribution in [0.15, 0.2) is 42.9 Å². The summed E-state index contributed by atoms with van der Waals surface area (Å²) in [6, 6.07) is 7.39. The van der Waals surface area contributed by atoms with Crippen molar-refractivity contribution in [3.63, 3.8) is 0 Å². The summed E-state index contributed by atoms with van der Waals surface area (Å²) in [6.45, 7) is 3.64. The number of rotatable bonds is 22. The molecule has 0 saturated carbocycles. The first-order valence-corrected chi connectivity index (χ1v) is 17.3. The Balaban J connectivity index is 1.42. The molecule has 0 spiro atoms. The first-order chi connectivity index (χ1) is 22.4. The number of nitrogens with one attached hydrogen (secondary N) is 3. The molecule has 3 rings (SSSR count). The predicted octanol–water partition coefficient (Wildman–Crippen LogP) is 5.43. The monoisotopic (exact) mass is 638 g/mol. The number of carbonyl (C=O) groups is 4. The van der Waals surface area contributed by atoms with Gasteiger partial charge < -0.3 is 25.6 Å². The Bertz CT molecular complexity index is 1180. The van der Waals surface area contributed by atoms with Crippen LogP contribution in [0.2, 0.25) is 0 Å². The van der Waals surface area contributed by atoms with Crippen molar-refractivity contribution in [2.24, 2.45) is 0 Å². The first kappa shape index (κ1) is 36.6. The van der Waals surface area contributed by atoms with Crippen LogP contribution in [0.3, 0.4) is 0 Å². The second-order valence-corrected chi connectivity index (χ2v) is 12.3. The maximum atomic E-state index is 13.9. The van der Waals surface area contributed by atoms with Crippen LogP contribution in [0.25, 0.3) is 0 Å². The van der Waals surface area contributed by atoms with E-state index in [1.165, 1.54) is 62.6 Å². The van der Waals surface area contributed by atoms with Gasteiger partial charge in [0.05, 0.1) is 12.0 Å². The van der Waals surface area contributed by atoms with E-state index in [2.05, 4.69) is 27.5 Å². The van der Waals surface area contributed by atoms with E-state index in [9.17, 15) is 24.3 Å². The average molecular weight is 639 g/mol. The van der Waals surface area contributed by atoms with Crippen molar-refractivity contribution in [2.75, 3.05) is 19.6 Å². The van der Waals surface area contributed by atoms with Gasteiger partial charge in [0.25, 0.3) is 0 Å². The number of imidazole rings is 1. The number of benzene rings is 1. The molecule has 1 aliphatic rings. The number of carboxylic acid groups (broad SMARTS) is 1. The van der Waals surface area contributed by atoms with E-state index in [1.807, 2.05) is 30.3 Å². The third-order valence-corrected chi connectivity index (χ3v) is 8.63. The third-order valence-electron chi connectivity index (χ3n) is 8.63. The number of aromatic amines is 1. The van der Waals surface area contributed by atoms with Gasteiger partial charge in [0.1, 0.15) is 12.1 Å². The highest BCUT2D eigenvalue weighted by atomic mass is 16.4. The Labute approximate surface area is 273 Å². The van der Waals surface area contributed by atoms with E-state index in [0.29, 0.717) is 51.0 Å². The molecular weight excluding hydrogens is 584 g/mol. The lowest BCUT2D eigenvalue weighted by atomic mass is 10.1. The number of carbonyl (C=O) groups excluding carboxylic acids is 3. The SMILES string of the molecule is CCCCCCCCCCCCNC(=O)CCCNC(=O)[C@@H]1CCCN1C(=O)[C@H](Cc1c[nH]cn1)N(Cc1ccccc1)C(=O)O. The molecule has 2 atom stereocenters. The van der Waals surface area contributed by atoms with Crippen LogP contribution >= 0.6 is 0 Å². The Morgan fingerprint density at radius 3 is 2.28 bits per heavy atom. The molecule has 11 heteroatoms. The lowest BCUT2D eigenvalue weighted by Gasteiger charge is -2.33. The zero-order valence-corrected chi connectivity index (χ0v) is 27.6. The normalized spacial score (nSPS) is 15.0. The number of amides is 4. The van der Waals surface area contributed by atoms with Gasteiger partial charge in [-0.15, -0.1) is 0 Å². The zero-order chi connectivity index (χ0) is 33.0. The summed E-state index contributed by atoms with van der Waals surface area (Å²) in [7, 11) is 0. The van der Waals surface area contributed by atoms with Gasteiger partial charge in [-0.05, 0) is 31.2 Å². The molecule has 254 valence electrons. The van der Waals surface area contributed by atoms with Crippen molar-refractivity contribution in [3.05, 3.63) is 54.1 Å². The summed E-state index contributed by atoms with van der Waals surface area (Å²) in [5.41, 5.74) is 1.32. The summed E-state index contributed by atoms with van der Waals surface area (Å²) in [5.74, 6) is -0.707. The lowest BCUT2D eigenvalue weighted by molar-refractivity contribution is -0.142. The van der Waals surface area contributed by atoms with Gasteiger partial charge in [0.2, 0.25) is 17.7 Å². The van der Waals surface area contributed by atoms with Crippen LogP contribution in [0.1, 0.15) is 108 Å². The van der Waals surface area contributed by atoms with Crippen molar-refractivity contribution in [2.45, 2.75) is 122 Å². The number of unbranched alkanes of at least 4 members (excludes halogenated alkanes) is 9. The van der Waals surface area contributed by atoms with Gasteiger partial charge >= 0.3 is 6.09 Å². The van der Waals surface area contributed by atoms with Gasteiger partial charge in [-0.25, -0.2) is 9.78 Å². The van der Waals surface area contributed by atoms with Gasteiger partial charge in [-0.1, -0.05) is 95.0 Å². The predicted molar refractivity (Wildman–Crippen MR) is 178 cm³/mol. The summed E-state index contributed by atoms with van der Waals surface area (Å²) in [5, 5.41) is 16.0. The Morgan fingerprint density at radius 1 is 0.957 bits per heavy atom. The highest BCUT2D eigenvalue weighted by Crippen LogP contribution is 2.23. The summed E-state index contributed by atoms with van der Waals surface area (Å²) >= 11 is 0. The molecule has 0 bridgehead atoms. The van der Waals surface area contributed by atoms with Crippen LogP contribution in [0, 0.1) is 0 Å². The minimum absolute atomic E-state index is 0.0174. The first-order valence-electron chi connectivity index (χ1n) is 17.3. The Morgan fingerprint density at radius 2 is 1.63 bits per heavy atom. The minimum atomic E-state index is -1.22. The number of aromatic nitrogens is 2. The maximum Gasteiger partial charge on any atom is 0.408 e. The van der Waals surface area contributed by atoms with E-state index in [1.54, 1.807) is 6.20 Å². The van der Waals surface area contributed by atoms with E-state index in [4.69, 9.17) is 0 Å². The fourth-order valence-electron chi connectivity index (χ4n) is 6.02. The average Bonchev–Trinajstić information content (AvgIpc) is 3.76. The van der Waals surface area contributed by atoms with E-state index in [-0.39, 0.29) is 24.8 Å². The molecule has 1 aromatic carbocycles. The van der Waals surface area contributed by atoms with Crippen molar-refractivity contribution in [1.82, 2.24) is 30.4 Å². The fraction of sp³-hybridized carbons (Fsp3) is 0.629. The lowest BCUT2D eigenvalue weighted by Crippen LogP contribution is -2.55. The van der Waals surface area contributed by atoms with E-state index >= 15 is 0 Å². The molecule has 0 aliphatic carbocycles. The number of nitrogens with zero attached hydrogens (tertiary/aromatic N) is 3. The molecule has 0 radical (unpaired) electrons. The molecule has 4 amide bonds. The van der Waals surface area contributed by atoms with Crippen molar-refractivity contribution in [3.8, 4) is 0 Å².